The summed E-state index contributed by atoms with van der Waals surface area (Å²) in [4.78, 5) is 0. The highest BCUT2D eigenvalue weighted by molar-refractivity contribution is 6.98. The lowest BCUT2D eigenvalue weighted by Crippen LogP contribution is -2.57. The molecule has 1 aromatic heterocycles. The van der Waals surface area contributed by atoms with Crippen molar-refractivity contribution in [3.8, 4) is 62.1 Å². The molecule has 4 nitrogen and oxygen atoms in total. The fourth-order valence-corrected chi connectivity index (χ4v) is 10.9. The van der Waals surface area contributed by atoms with Gasteiger partial charge in [0.2, 0.25) is 0 Å². The Labute approximate surface area is 394 Å². The lowest BCUT2D eigenvalue weighted by atomic mass is 9.34. The van der Waals surface area contributed by atoms with Crippen molar-refractivity contribution in [2.45, 2.75) is 6.42 Å². The number of hydrogen-bond donors (Lipinski definition) is 1. The Morgan fingerprint density at radius 3 is 1.97 bits per heavy atom. The van der Waals surface area contributed by atoms with Gasteiger partial charge in [0.15, 0.2) is 0 Å². The summed E-state index contributed by atoms with van der Waals surface area (Å²) >= 11 is 0. The summed E-state index contributed by atoms with van der Waals surface area (Å²) in [5.74, 6) is 3.31. The predicted octanol–water partition coefficient (Wildman–Crippen LogP) is 14.8. The molecule has 5 heteroatoms. The molecule has 1 aliphatic carbocycles. The molecule has 3 aliphatic rings. The molecule has 0 radical (unpaired) electrons. The first-order valence-electron chi connectivity index (χ1n) is 23.4. The van der Waals surface area contributed by atoms with E-state index < -0.39 is 0 Å². The van der Waals surface area contributed by atoms with Gasteiger partial charge in [0.05, 0.1) is 11.0 Å². The van der Waals surface area contributed by atoms with Gasteiger partial charge < -0.3 is 19.4 Å². The van der Waals surface area contributed by atoms with Gasteiger partial charge in [0, 0.05) is 56.1 Å². The number of nitrogens with zero attached hydrogens (tertiary/aromatic N) is 1. The molecule has 0 spiro atoms. The van der Waals surface area contributed by atoms with Crippen LogP contribution in [0.4, 0.5) is 11.4 Å². The smallest absolute Gasteiger partial charge is 0.260 e. The van der Waals surface area contributed by atoms with Gasteiger partial charge in [-0.1, -0.05) is 164 Å². The summed E-state index contributed by atoms with van der Waals surface area (Å²) in [5, 5.41) is 8.45. The molecule has 11 aromatic rings. The van der Waals surface area contributed by atoms with Gasteiger partial charge in [-0.25, -0.2) is 0 Å². The largest absolute Gasteiger partial charge is 0.458 e. The minimum Gasteiger partial charge on any atom is -0.458 e. The lowest BCUT2D eigenvalue weighted by Gasteiger charge is -2.36. The zero-order valence-corrected chi connectivity index (χ0v) is 37.0. The number of allylic oxidation sites excluding steroid dienone is 2. The zero-order valence-electron chi connectivity index (χ0n) is 37.0. The standard InChI is InChI=1S/C63H41BN2O2/c1-4-16-40-28-30-45(34-42(40)18-5-1)52-37-51(44-31-29-41-17-10-11-19-43(41)35-44)62-61-63(52)68-60-39-58-53(50-25-13-15-27-57(50)66(58)48-22-8-3-9-23-48)38-55(60)64(61)54-36-46(32-33-59(54)67-62)49-24-12-14-26-56(49)65-47-20-6-2-7-21-47/h2-39,65H,1H2. The Balaban J connectivity index is 1.06. The first kappa shape index (κ1) is 38.5. The van der Waals surface area contributed by atoms with E-state index in [0.717, 1.165) is 107 Å². The number of para-hydroxylation sites is 4. The average Bonchev–Trinajstić information content (AvgIpc) is 3.52. The van der Waals surface area contributed by atoms with Crippen LogP contribution in [0.2, 0.25) is 0 Å². The summed E-state index contributed by atoms with van der Waals surface area (Å²) in [5.41, 5.74) is 17.5. The molecule has 0 unspecified atom stereocenters. The van der Waals surface area contributed by atoms with Crippen LogP contribution in [0.5, 0.6) is 23.0 Å². The fourth-order valence-electron chi connectivity index (χ4n) is 10.9. The van der Waals surface area contributed by atoms with Gasteiger partial charge in [-0.15, -0.1) is 0 Å². The molecule has 318 valence electrons. The molecule has 0 fully saturated rings. The first-order chi connectivity index (χ1) is 33.7. The Hall–Kier alpha value is -8.80. The second-order valence-corrected chi connectivity index (χ2v) is 18.0. The molecule has 14 rings (SSSR count). The normalized spacial score (nSPS) is 13.0. The van der Waals surface area contributed by atoms with Crippen LogP contribution in [-0.4, -0.2) is 11.3 Å². The number of hydrogen-bond acceptors (Lipinski definition) is 3. The van der Waals surface area contributed by atoms with Crippen LogP contribution >= 0.6 is 0 Å². The second-order valence-electron chi connectivity index (χ2n) is 18.0. The van der Waals surface area contributed by atoms with Gasteiger partial charge in [-0.2, -0.15) is 0 Å². The third kappa shape index (κ3) is 6.17. The summed E-state index contributed by atoms with van der Waals surface area (Å²) in [6.45, 7) is -0.229. The minimum atomic E-state index is -0.229. The van der Waals surface area contributed by atoms with E-state index in [2.05, 4.69) is 234 Å². The Morgan fingerprint density at radius 2 is 1.10 bits per heavy atom. The van der Waals surface area contributed by atoms with Gasteiger partial charge in [-0.3, -0.25) is 0 Å². The molecule has 0 atom stereocenters. The monoisotopic (exact) mass is 868 g/mol. The highest BCUT2D eigenvalue weighted by Gasteiger charge is 2.43. The van der Waals surface area contributed by atoms with Gasteiger partial charge in [0.25, 0.3) is 6.71 Å². The maximum atomic E-state index is 7.51. The van der Waals surface area contributed by atoms with Crippen LogP contribution in [0, 0.1) is 0 Å². The molecule has 0 bridgehead atoms. The quantitative estimate of drug-likeness (QED) is 0.169. The van der Waals surface area contributed by atoms with Crippen molar-refractivity contribution in [2.75, 3.05) is 5.32 Å². The number of aromatic nitrogens is 1. The Kier molecular flexibility index (Phi) is 8.71. The number of benzene rings is 10. The highest BCUT2D eigenvalue weighted by atomic mass is 16.5. The number of fused-ring (bicyclic) bond motifs is 9. The molecular formula is C63H41BN2O2. The predicted molar refractivity (Wildman–Crippen MR) is 285 cm³/mol. The van der Waals surface area contributed by atoms with Crippen molar-refractivity contribution in [3.05, 3.63) is 230 Å². The van der Waals surface area contributed by atoms with Crippen molar-refractivity contribution in [1.82, 2.24) is 4.57 Å². The van der Waals surface area contributed by atoms with Gasteiger partial charge in [-0.05, 0) is 117 Å². The molecule has 68 heavy (non-hydrogen) atoms. The average molecular weight is 869 g/mol. The van der Waals surface area contributed by atoms with E-state index in [9.17, 15) is 0 Å². The van der Waals surface area contributed by atoms with Crippen LogP contribution in [0.25, 0.3) is 83.8 Å². The van der Waals surface area contributed by atoms with Crippen LogP contribution in [-0.2, 0) is 0 Å². The van der Waals surface area contributed by atoms with Crippen molar-refractivity contribution in [3.63, 3.8) is 0 Å². The molecule has 2 aliphatic heterocycles. The third-order valence-electron chi connectivity index (χ3n) is 14.0. The molecule has 3 heterocycles. The Morgan fingerprint density at radius 1 is 0.441 bits per heavy atom. The molecule has 0 amide bonds. The van der Waals surface area contributed by atoms with Crippen LogP contribution in [0.1, 0.15) is 17.5 Å². The Bertz CT molecular complexity index is 3920. The van der Waals surface area contributed by atoms with E-state index in [-0.39, 0.29) is 6.71 Å². The van der Waals surface area contributed by atoms with E-state index >= 15 is 0 Å². The summed E-state index contributed by atoms with van der Waals surface area (Å²) in [7, 11) is 0. The number of ether oxygens (including phenoxy) is 2. The lowest BCUT2D eigenvalue weighted by molar-refractivity contribution is 0.467. The van der Waals surface area contributed by atoms with E-state index in [1.54, 1.807) is 0 Å². The van der Waals surface area contributed by atoms with Crippen molar-refractivity contribution in [2.24, 2.45) is 0 Å². The van der Waals surface area contributed by atoms with Crippen LogP contribution in [0.3, 0.4) is 0 Å². The zero-order chi connectivity index (χ0) is 44.7. The molecular weight excluding hydrogens is 828 g/mol. The number of nitrogens with one attached hydrogen (secondary N) is 1. The molecule has 10 aromatic carbocycles. The van der Waals surface area contributed by atoms with Crippen molar-refractivity contribution >= 4 is 79.2 Å². The van der Waals surface area contributed by atoms with E-state index in [4.69, 9.17) is 9.47 Å². The first-order valence-corrected chi connectivity index (χ1v) is 23.4. The van der Waals surface area contributed by atoms with Crippen molar-refractivity contribution in [1.29, 1.82) is 0 Å². The second kappa shape index (κ2) is 15.4. The summed E-state index contributed by atoms with van der Waals surface area (Å²) in [6.07, 6.45) is 9.84. The van der Waals surface area contributed by atoms with E-state index in [0.29, 0.717) is 0 Å². The van der Waals surface area contributed by atoms with E-state index in [1.807, 2.05) is 6.07 Å². The topological polar surface area (TPSA) is 35.4 Å². The van der Waals surface area contributed by atoms with Gasteiger partial charge in [0.1, 0.15) is 23.0 Å². The molecule has 0 saturated heterocycles. The minimum absolute atomic E-state index is 0.229. The highest BCUT2D eigenvalue weighted by Crippen LogP contribution is 2.48. The molecule has 0 saturated carbocycles. The third-order valence-corrected chi connectivity index (χ3v) is 14.0. The van der Waals surface area contributed by atoms with Crippen LogP contribution in [0.15, 0.2) is 218 Å². The number of rotatable bonds is 6. The van der Waals surface area contributed by atoms with Gasteiger partial charge >= 0.3 is 0 Å². The maximum Gasteiger partial charge on any atom is 0.260 e. The van der Waals surface area contributed by atoms with Crippen LogP contribution < -0.4 is 31.2 Å². The summed E-state index contributed by atoms with van der Waals surface area (Å²) < 4.78 is 17.2. The SMILES string of the molecule is C1=Cc2ccc(-c3cc(-c4ccc5ccccc5c4)c4c5c3Oc3cc6c(cc3B5c3cc(-c5ccccc5Nc5ccccc5)ccc3O4)c3ccccc3n6-c3ccccc3)cc2C=CC1. The van der Waals surface area contributed by atoms with E-state index in [1.165, 1.54) is 32.7 Å². The maximum absolute atomic E-state index is 7.51. The number of anilines is 2. The fraction of sp³-hybridized carbons (Fsp3) is 0.0159. The van der Waals surface area contributed by atoms with Crippen molar-refractivity contribution < 1.29 is 9.47 Å². The molecule has 1 N–H and O–H groups in total. The summed E-state index contributed by atoms with van der Waals surface area (Å²) in [6, 6.07) is 74.2.